The van der Waals surface area contributed by atoms with Gasteiger partial charge in [-0.15, -0.1) is 0 Å². The smallest absolute Gasteiger partial charge is 0.136 e. The maximum atomic E-state index is 9.98. The first kappa shape index (κ1) is 16.5. The van der Waals surface area contributed by atoms with Crippen molar-refractivity contribution in [2.75, 3.05) is 25.6 Å². The fraction of sp³-hybridized carbons (Fsp3) is 0.571. The fourth-order valence-corrected chi connectivity index (χ4v) is 3.18. The van der Waals surface area contributed by atoms with Crippen molar-refractivity contribution in [3.8, 4) is 0 Å². The second-order valence-electron chi connectivity index (χ2n) is 5.20. The van der Waals surface area contributed by atoms with Gasteiger partial charge in [-0.3, -0.25) is 0 Å². The number of ether oxygens (including phenoxy) is 1. The molecule has 4 N–H and O–H groups in total. The lowest BCUT2D eigenvalue weighted by Gasteiger charge is -2.39. The Morgan fingerprint density at radius 3 is 2.19 bits per heavy atom. The zero-order valence-corrected chi connectivity index (χ0v) is 12.8. The third-order valence-electron chi connectivity index (χ3n) is 3.45. The van der Waals surface area contributed by atoms with Crippen molar-refractivity contribution in [3.05, 3.63) is 24.3 Å². The molecular formula is C14H21NO5S. The molecule has 0 unspecified atom stereocenters. The molecule has 0 saturated carbocycles. The van der Waals surface area contributed by atoms with Gasteiger partial charge in [0.05, 0.1) is 6.61 Å². The highest BCUT2D eigenvalue weighted by Gasteiger charge is 2.43. The molecule has 1 heterocycles. The molecule has 1 aliphatic rings. The predicted octanol–water partition coefficient (Wildman–Crippen LogP) is -0.355. The summed E-state index contributed by atoms with van der Waals surface area (Å²) >= 11 is 1.25. The van der Waals surface area contributed by atoms with Gasteiger partial charge in [-0.05, 0) is 24.3 Å². The number of aliphatic hydroxyl groups is 4. The van der Waals surface area contributed by atoms with E-state index in [9.17, 15) is 15.3 Å². The number of hydrogen-bond acceptors (Lipinski definition) is 7. The minimum Gasteiger partial charge on any atom is -0.394 e. The summed E-state index contributed by atoms with van der Waals surface area (Å²) in [6.07, 6.45) is -4.75. The van der Waals surface area contributed by atoms with Crippen LogP contribution >= 0.6 is 11.8 Å². The van der Waals surface area contributed by atoms with Gasteiger partial charge in [0.15, 0.2) is 0 Å². The third-order valence-corrected chi connectivity index (χ3v) is 4.62. The van der Waals surface area contributed by atoms with Crippen molar-refractivity contribution in [1.29, 1.82) is 0 Å². The largest absolute Gasteiger partial charge is 0.394 e. The minimum absolute atomic E-state index is 0.415. The van der Waals surface area contributed by atoms with Crippen LogP contribution in [0.3, 0.4) is 0 Å². The normalized spacial score (nSPS) is 33.0. The Kier molecular flexibility index (Phi) is 5.48. The SMILES string of the molecule is CN(C)c1ccc(S[C@@H]2O[C@@H](CO)[C@@H](O)[C@@H](O)[C@H]2O)cc1. The summed E-state index contributed by atoms with van der Waals surface area (Å²) in [6, 6.07) is 7.65. The molecule has 0 aliphatic carbocycles. The number of benzene rings is 1. The van der Waals surface area contributed by atoms with E-state index in [1.807, 2.05) is 43.3 Å². The van der Waals surface area contributed by atoms with Crippen molar-refractivity contribution in [1.82, 2.24) is 0 Å². The monoisotopic (exact) mass is 315 g/mol. The topological polar surface area (TPSA) is 93.4 Å². The van der Waals surface area contributed by atoms with Crippen LogP contribution in [0.5, 0.6) is 0 Å². The highest BCUT2D eigenvalue weighted by atomic mass is 32.2. The summed E-state index contributed by atoms with van der Waals surface area (Å²) in [5.74, 6) is 0. The van der Waals surface area contributed by atoms with E-state index in [1.54, 1.807) is 0 Å². The number of rotatable bonds is 4. The molecule has 1 aliphatic heterocycles. The molecule has 2 rings (SSSR count). The predicted molar refractivity (Wildman–Crippen MR) is 80.4 cm³/mol. The summed E-state index contributed by atoms with van der Waals surface area (Å²) in [7, 11) is 3.89. The average molecular weight is 315 g/mol. The van der Waals surface area contributed by atoms with E-state index in [0.29, 0.717) is 0 Å². The van der Waals surface area contributed by atoms with Crippen LogP contribution in [0.25, 0.3) is 0 Å². The first-order valence-corrected chi connectivity index (χ1v) is 7.56. The quantitative estimate of drug-likeness (QED) is 0.603. The molecule has 0 amide bonds. The molecule has 0 spiro atoms. The van der Waals surface area contributed by atoms with Gasteiger partial charge in [-0.2, -0.15) is 0 Å². The van der Waals surface area contributed by atoms with E-state index in [2.05, 4.69) is 0 Å². The third kappa shape index (κ3) is 3.68. The molecule has 0 bridgehead atoms. The number of thioether (sulfide) groups is 1. The molecule has 1 fully saturated rings. The molecule has 7 heteroatoms. The Balaban J connectivity index is 2.07. The van der Waals surface area contributed by atoms with Gasteiger partial charge in [0.25, 0.3) is 0 Å². The number of hydrogen-bond donors (Lipinski definition) is 4. The maximum absolute atomic E-state index is 9.98. The summed E-state index contributed by atoms with van der Waals surface area (Å²) in [5, 5.41) is 38.6. The van der Waals surface area contributed by atoms with Crippen molar-refractivity contribution in [2.45, 2.75) is 34.7 Å². The van der Waals surface area contributed by atoms with Crippen LogP contribution in [0.15, 0.2) is 29.2 Å². The molecule has 1 saturated heterocycles. The fourth-order valence-electron chi connectivity index (χ4n) is 2.12. The maximum Gasteiger partial charge on any atom is 0.136 e. The van der Waals surface area contributed by atoms with Crippen molar-refractivity contribution < 1.29 is 25.2 Å². The summed E-state index contributed by atoms with van der Waals surface area (Å²) in [5.41, 5.74) is 0.305. The Labute approximate surface area is 128 Å². The van der Waals surface area contributed by atoms with E-state index in [-0.39, 0.29) is 0 Å². The van der Waals surface area contributed by atoms with Crippen molar-refractivity contribution >= 4 is 17.4 Å². The summed E-state index contributed by atoms with van der Waals surface area (Å²) in [6.45, 7) is -0.415. The molecular weight excluding hydrogens is 294 g/mol. The zero-order valence-electron chi connectivity index (χ0n) is 12.0. The van der Waals surface area contributed by atoms with E-state index in [0.717, 1.165) is 10.6 Å². The minimum atomic E-state index is -1.34. The van der Waals surface area contributed by atoms with Crippen LogP contribution in [0.2, 0.25) is 0 Å². The van der Waals surface area contributed by atoms with Crippen LogP contribution in [0.1, 0.15) is 0 Å². The van der Waals surface area contributed by atoms with E-state index in [1.165, 1.54) is 11.8 Å². The van der Waals surface area contributed by atoms with Gasteiger partial charge >= 0.3 is 0 Å². The molecule has 0 aromatic heterocycles. The van der Waals surface area contributed by atoms with Crippen molar-refractivity contribution in [2.24, 2.45) is 0 Å². The molecule has 21 heavy (non-hydrogen) atoms. The van der Waals surface area contributed by atoms with Gasteiger partial charge in [-0.25, -0.2) is 0 Å². The summed E-state index contributed by atoms with van der Waals surface area (Å²) < 4.78 is 5.45. The van der Waals surface area contributed by atoms with Gasteiger partial charge < -0.3 is 30.1 Å². The Hall–Kier alpha value is -0.830. The van der Waals surface area contributed by atoms with Gasteiger partial charge in [-0.1, -0.05) is 11.8 Å². The number of nitrogens with zero attached hydrogens (tertiary/aromatic N) is 1. The molecule has 5 atom stereocenters. The van der Waals surface area contributed by atoms with Crippen LogP contribution in [0, 0.1) is 0 Å². The second kappa shape index (κ2) is 6.95. The molecule has 6 nitrogen and oxygen atoms in total. The van der Waals surface area contributed by atoms with E-state index >= 15 is 0 Å². The highest BCUT2D eigenvalue weighted by Crippen LogP contribution is 2.33. The average Bonchev–Trinajstić information content (AvgIpc) is 2.48. The van der Waals surface area contributed by atoms with Crippen LogP contribution in [0.4, 0.5) is 5.69 Å². The zero-order chi connectivity index (χ0) is 15.6. The molecule has 1 aromatic rings. The van der Waals surface area contributed by atoms with Gasteiger partial charge in [0.2, 0.25) is 0 Å². The van der Waals surface area contributed by atoms with Crippen molar-refractivity contribution in [3.63, 3.8) is 0 Å². The van der Waals surface area contributed by atoms with E-state index in [4.69, 9.17) is 9.84 Å². The van der Waals surface area contributed by atoms with E-state index < -0.39 is 36.5 Å². The van der Waals surface area contributed by atoms with Crippen LogP contribution in [-0.2, 0) is 4.74 Å². The molecule has 1 aromatic carbocycles. The van der Waals surface area contributed by atoms with Crippen LogP contribution < -0.4 is 4.90 Å². The Morgan fingerprint density at radius 1 is 1.05 bits per heavy atom. The standard InChI is InChI=1S/C14H21NO5S/c1-15(2)8-3-5-9(6-4-8)21-14-13(19)12(18)11(17)10(7-16)20-14/h3-6,10-14,16-19H,7H2,1-2H3/t10-,11+,12+,13+,14-/m0/s1. The Morgan fingerprint density at radius 2 is 1.67 bits per heavy atom. The second-order valence-corrected chi connectivity index (χ2v) is 6.38. The summed E-state index contributed by atoms with van der Waals surface area (Å²) in [4.78, 5) is 2.84. The molecule has 118 valence electrons. The van der Waals surface area contributed by atoms with Crippen LogP contribution in [-0.4, -0.2) is 71.0 Å². The highest BCUT2D eigenvalue weighted by molar-refractivity contribution is 7.99. The Bertz CT molecular complexity index is 453. The lowest BCUT2D eigenvalue weighted by Crippen LogP contribution is -2.57. The van der Waals surface area contributed by atoms with Gasteiger partial charge in [0.1, 0.15) is 29.9 Å². The molecule has 0 radical (unpaired) electrons. The van der Waals surface area contributed by atoms with Gasteiger partial charge in [0, 0.05) is 24.7 Å². The first-order chi connectivity index (χ1) is 9.93. The lowest BCUT2D eigenvalue weighted by molar-refractivity contribution is -0.205. The first-order valence-electron chi connectivity index (χ1n) is 6.68. The number of anilines is 1. The lowest BCUT2D eigenvalue weighted by atomic mass is 10.0. The number of aliphatic hydroxyl groups excluding tert-OH is 4.